The Morgan fingerprint density at radius 1 is 0.889 bits per heavy atom. The van der Waals surface area contributed by atoms with E-state index in [4.69, 9.17) is 0 Å². The molecule has 0 fully saturated rings. The van der Waals surface area contributed by atoms with Crippen LogP contribution < -0.4 is 5.56 Å². The number of aromatic amines is 1. The molecule has 1 N–H and O–H groups in total. The number of aromatic nitrogens is 2. The summed E-state index contributed by atoms with van der Waals surface area (Å²) < 4.78 is 0. The molecule has 4 rings (SSSR count). The maximum atomic E-state index is 12.6. The number of Topliss-reactive ketones (excluding diaryl/α,β-unsaturated/α-hetero) is 1. The van der Waals surface area contributed by atoms with Gasteiger partial charge < -0.3 is 4.98 Å². The van der Waals surface area contributed by atoms with E-state index in [-0.39, 0.29) is 17.1 Å². The molecule has 0 radical (unpaired) electrons. The highest BCUT2D eigenvalue weighted by molar-refractivity contribution is 7.99. The van der Waals surface area contributed by atoms with Crippen molar-refractivity contribution in [2.75, 3.05) is 5.75 Å². The van der Waals surface area contributed by atoms with Crippen LogP contribution in [-0.2, 0) is 0 Å². The summed E-state index contributed by atoms with van der Waals surface area (Å²) in [6.07, 6.45) is 0. The summed E-state index contributed by atoms with van der Waals surface area (Å²) in [6, 6.07) is 24.6. The Hall–Kier alpha value is -3.18. The number of fused-ring (bicyclic) bond motifs is 1. The topological polar surface area (TPSA) is 62.8 Å². The summed E-state index contributed by atoms with van der Waals surface area (Å²) in [5.74, 6) is 0.206. The Morgan fingerprint density at radius 2 is 1.63 bits per heavy atom. The molecule has 4 nitrogen and oxygen atoms in total. The third-order valence-electron chi connectivity index (χ3n) is 4.20. The molecule has 0 bridgehead atoms. The number of hydrogen-bond acceptors (Lipinski definition) is 4. The van der Waals surface area contributed by atoms with Crippen molar-refractivity contribution < 1.29 is 4.79 Å². The molecule has 132 valence electrons. The van der Waals surface area contributed by atoms with Crippen molar-refractivity contribution in [2.24, 2.45) is 0 Å². The molecule has 1 heterocycles. The first-order valence-corrected chi connectivity index (χ1v) is 9.49. The lowest BCUT2D eigenvalue weighted by Crippen LogP contribution is -2.10. The van der Waals surface area contributed by atoms with Crippen molar-refractivity contribution in [3.05, 3.63) is 94.8 Å². The monoisotopic (exact) mass is 372 g/mol. The van der Waals surface area contributed by atoms with Crippen LogP contribution in [0, 0.1) is 0 Å². The first-order chi connectivity index (χ1) is 13.2. The van der Waals surface area contributed by atoms with E-state index in [0.717, 1.165) is 16.3 Å². The van der Waals surface area contributed by atoms with Gasteiger partial charge in [0, 0.05) is 17.2 Å². The number of nitrogens with one attached hydrogen (secondary N) is 1. The van der Waals surface area contributed by atoms with E-state index in [1.54, 1.807) is 0 Å². The number of rotatable bonds is 5. The van der Waals surface area contributed by atoms with E-state index >= 15 is 0 Å². The SMILES string of the molecule is O=C(CSc1nc(-c2ccccc2)cc(=O)[nH]1)c1ccc2ccccc2c1. The molecular formula is C22H16N2O2S. The van der Waals surface area contributed by atoms with Crippen LogP contribution in [0.25, 0.3) is 22.0 Å². The van der Waals surface area contributed by atoms with Gasteiger partial charge in [-0.3, -0.25) is 9.59 Å². The number of carbonyl (C=O) groups is 1. The minimum Gasteiger partial charge on any atom is -0.301 e. The molecule has 0 atom stereocenters. The van der Waals surface area contributed by atoms with Gasteiger partial charge in [0.15, 0.2) is 10.9 Å². The van der Waals surface area contributed by atoms with Crippen molar-refractivity contribution in [1.29, 1.82) is 0 Å². The van der Waals surface area contributed by atoms with Gasteiger partial charge in [-0.15, -0.1) is 0 Å². The molecule has 0 aliphatic heterocycles. The minimum atomic E-state index is -0.232. The number of hydrogen-bond donors (Lipinski definition) is 1. The van der Waals surface area contributed by atoms with Gasteiger partial charge in [-0.25, -0.2) is 4.98 Å². The summed E-state index contributed by atoms with van der Waals surface area (Å²) in [5.41, 5.74) is 1.89. The summed E-state index contributed by atoms with van der Waals surface area (Å²) in [4.78, 5) is 31.7. The molecule has 0 aliphatic rings. The Balaban J connectivity index is 1.53. The minimum absolute atomic E-state index is 0.00137. The van der Waals surface area contributed by atoms with Crippen LogP contribution in [0.1, 0.15) is 10.4 Å². The third kappa shape index (κ3) is 3.99. The first-order valence-electron chi connectivity index (χ1n) is 8.51. The second kappa shape index (κ2) is 7.60. The molecule has 0 aliphatic carbocycles. The van der Waals surface area contributed by atoms with E-state index in [0.29, 0.717) is 16.4 Å². The molecule has 4 aromatic rings. The number of H-pyrrole nitrogens is 1. The lowest BCUT2D eigenvalue weighted by molar-refractivity contribution is 0.102. The number of benzene rings is 3. The summed E-state index contributed by atoms with van der Waals surface area (Å²) >= 11 is 1.24. The van der Waals surface area contributed by atoms with Crippen molar-refractivity contribution in [1.82, 2.24) is 9.97 Å². The molecule has 0 saturated heterocycles. The van der Waals surface area contributed by atoms with Crippen LogP contribution in [-0.4, -0.2) is 21.5 Å². The van der Waals surface area contributed by atoms with Gasteiger partial charge >= 0.3 is 0 Å². The van der Waals surface area contributed by atoms with Crippen LogP contribution in [0.2, 0.25) is 0 Å². The highest BCUT2D eigenvalue weighted by atomic mass is 32.2. The highest BCUT2D eigenvalue weighted by Gasteiger charge is 2.10. The predicted octanol–water partition coefficient (Wildman–Crippen LogP) is 4.57. The smallest absolute Gasteiger partial charge is 0.252 e. The zero-order valence-electron chi connectivity index (χ0n) is 14.4. The number of carbonyl (C=O) groups excluding carboxylic acids is 1. The molecule has 1 aromatic heterocycles. The average Bonchev–Trinajstić information content (AvgIpc) is 2.72. The molecular weight excluding hydrogens is 356 g/mol. The summed E-state index contributed by atoms with van der Waals surface area (Å²) in [7, 11) is 0. The number of ketones is 1. The van der Waals surface area contributed by atoms with E-state index in [9.17, 15) is 9.59 Å². The zero-order chi connectivity index (χ0) is 18.6. The fourth-order valence-corrected chi connectivity index (χ4v) is 3.61. The van der Waals surface area contributed by atoms with Crippen molar-refractivity contribution >= 4 is 28.3 Å². The Morgan fingerprint density at radius 3 is 2.44 bits per heavy atom. The Labute approximate surface area is 160 Å². The van der Waals surface area contributed by atoms with Crippen LogP contribution in [0.3, 0.4) is 0 Å². The van der Waals surface area contributed by atoms with Crippen molar-refractivity contribution in [2.45, 2.75) is 5.16 Å². The first kappa shape index (κ1) is 17.2. The summed E-state index contributed by atoms with van der Waals surface area (Å²) in [5, 5.41) is 2.57. The molecule has 27 heavy (non-hydrogen) atoms. The normalized spacial score (nSPS) is 10.8. The quantitative estimate of drug-likeness (QED) is 0.317. The van der Waals surface area contributed by atoms with Gasteiger partial charge in [0.2, 0.25) is 0 Å². The van der Waals surface area contributed by atoms with Crippen molar-refractivity contribution in [3.63, 3.8) is 0 Å². The standard InChI is InChI=1S/C22H16N2O2S/c25-20(18-11-10-15-6-4-5-9-17(15)12-18)14-27-22-23-19(13-21(26)24-22)16-7-2-1-3-8-16/h1-13H,14H2,(H,23,24,26). The van der Waals surface area contributed by atoms with E-state index in [2.05, 4.69) is 9.97 Å². The molecule has 5 heteroatoms. The fourth-order valence-electron chi connectivity index (χ4n) is 2.84. The second-order valence-corrected chi connectivity index (χ2v) is 7.04. The van der Waals surface area contributed by atoms with Gasteiger partial charge in [-0.2, -0.15) is 0 Å². The van der Waals surface area contributed by atoms with E-state index in [1.165, 1.54) is 17.8 Å². The van der Waals surface area contributed by atoms with Crippen LogP contribution in [0.5, 0.6) is 0 Å². The van der Waals surface area contributed by atoms with Gasteiger partial charge in [0.1, 0.15) is 0 Å². The molecule has 0 unspecified atom stereocenters. The Bertz CT molecular complexity index is 1170. The lowest BCUT2D eigenvalue weighted by atomic mass is 10.1. The van der Waals surface area contributed by atoms with E-state index < -0.39 is 0 Å². The molecule has 0 spiro atoms. The van der Waals surface area contributed by atoms with Gasteiger partial charge in [-0.05, 0) is 16.8 Å². The van der Waals surface area contributed by atoms with Gasteiger partial charge in [0.25, 0.3) is 5.56 Å². The molecule has 0 saturated carbocycles. The lowest BCUT2D eigenvalue weighted by Gasteiger charge is -2.05. The highest BCUT2D eigenvalue weighted by Crippen LogP contribution is 2.21. The third-order valence-corrected chi connectivity index (χ3v) is 5.07. The fraction of sp³-hybridized carbons (Fsp3) is 0.0455. The van der Waals surface area contributed by atoms with Crippen LogP contribution in [0.4, 0.5) is 0 Å². The summed E-state index contributed by atoms with van der Waals surface area (Å²) in [6.45, 7) is 0. The second-order valence-electron chi connectivity index (χ2n) is 6.08. The zero-order valence-corrected chi connectivity index (χ0v) is 15.2. The molecule has 0 amide bonds. The Kier molecular flexibility index (Phi) is 4.85. The van der Waals surface area contributed by atoms with Gasteiger partial charge in [0.05, 0.1) is 11.4 Å². The molecule has 3 aromatic carbocycles. The van der Waals surface area contributed by atoms with E-state index in [1.807, 2.05) is 72.8 Å². The number of thioether (sulfide) groups is 1. The van der Waals surface area contributed by atoms with Crippen LogP contribution >= 0.6 is 11.8 Å². The van der Waals surface area contributed by atoms with Gasteiger partial charge in [-0.1, -0.05) is 78.5 Å². The average molecular weight is 372 g/mol. The predicted molar refractivity (Wildman–Crippen MR) is 109 cm³/mol. The largest absolute Gasteiger partial charge is 0.301 e. The number of nitrogens with zero attached hydrogens (tertiary/aromatic N) is 1. The van der Waals surface area contributed by atoms with Crippen LogP contribution in [0.15, 0.2) is 88.8 Å². The maximum absolute atomic E-state index is 12.6. The maximum Gasteiger partial charge on any atom is 0.252 e. The van der Waals surface area contributed by atoms with Crippen molar-refractivity contribution in [3.8, 4) is 11.3 Å².